The summed E-state index contributed by atoms with van der Waals surface area (Å²) in [6, 6.07) is 59.9. The molecule has 4 aliphatic rings. The molecule has 8 aromatic carbocycles. The fourth-order valence-electron chi connectivity index (χ4n) is 13.4. The van der Waals surface area contributed by atoms with Crippen molar-refractivity contribution in [3.05, 3.63) is 203 Å². The van der Waals surface area contributed by atoms with Crippen LogP contribution in [0.3, 0.4) is 0 Å². The molecule has 0 saturated carbocycles. The van der Waals surface area contributed by atoms with Crippen LogP contribution in [0.2, 0.25) is 0 Å². The second kappa shape index (κ2) is 16.0. The van der Waals surface area contributed by atoms with Gasteiger partial charge in [0.05, 0.1) is 0 Å². The van der Waals surface area contributed by atoms with E-state index in [0.717, 1.165) is 70.3 Å². The van der Waals surface area contributed by atoms with Gasteiger partial charge in [0.2, 0.25) is 0 Å². The van der Waals surface area contributed by atoms with Crippen molar-refractivity contribution in [2.75, 3.05) is 9.80 Å². The van der Waals surface area contributed by atoms with Crippen molar-refractivity contribution in [1.82, 2.24) is 0 Å². The van der Waals surface area contributed by atoms with Gasteiger partial charge in [-0.1, -0.05) is 166 Å². The lowest BCUT2D eigenvalue weighted by molar-refractivity contribution is 0.332. The lowest BCUT2D eigenvalue weighted by Gasteiger charge is -2.48. The van der Waals surface area contributed by atoms with E-state index < -0.39 is 0 Å². The summed E-state index contributed by atoms with van der Waals surface area (Å²) in [7, 11) is 0. The largest absolute Gasteiger partial charge is 0.460 e. The molecule has 0 radical (unpaired) electrons. The number of anilines is 6. The molecule has 14 rings (SSSR count). The smallest absolute Gasteiger partial charge is 0.252 e. The van der Waals surface area contributed by atoms with Crippen molar-refractivity contribution < 1.29 is 8.83 Å². The molecule has 0 spiro atoms. The summed E-state index contributed by atoms with van der Waals surface area (Å²) in [5.41, 5.74) is 25.7. The molecule has 2 aliphatic carbocycles. The molecule has 370 valence electrons. The maximum atomic E-state index is 6.46. The Morgan fingerprint density at radius 2 is 1.07 bits per heavy atom. The number of fused-ring (bicyclic) bond motifs is 11. The summed E-state index contributed by atoms with van der Waals surface area (Å²) in [6.45, 7) is 24.1. The van der Waals surface area contributed by atoms with Gasteiger partial charge in [0.15, 0.2) is 0 Å². The Morgan fingerprint density at radius 3 is 1.73 bits per heavy atom. The summed E-state index contributed by atoms with van der Waals surface area (Å²) < 4.78 is 12.9. The first kappa shape index (κ1) is 46.1. The van der Waals surface area contributed by atoms with E-state index in [4.69, 9.17) is 8.83 Å². The maximum Gasteiger partial charge on any atom is 0.252 e. The van der Waals surface area contributed by atoms with Gasteiger partial charge in [0, 0.05) is 62.3 Å². The van der Waals surface area contributed by atoms with Crippen LogP contribution < -0.4 is 26.2 Å². The van der Waals surface area contributed by atoms with Crippen LogP contribution in [0.15, 0.2) is 173 Å². The minimum atomic E-state index is -0.144. The summed E-state index contributed by atoms with van der Waals surface area (Å²) in [4.78, 5) is 5.23. The van der Waals surface area contributed by atoms with Gasteiger partial charge in [-0.2, -0.15) is 0 Å². The molecule has 0 atom stereocenters. The highest BCUT2D eigenvalue weighted by Gasteiger charge is 2.47. The summed E-state index contributed by atoms with van der Waals surface area (Å²) in [6.07, 6.45) is 6.60. The van der Waals surface area contributed by atoms with E-state index in [2.05, 4.69) is 243 Å². The van der Waals surface area contributed by atoms with Crippen molar-refractivity contribution >= 4 is 95.7 Å². The summed E-state index contributed by atoms with van der Waals surface area (Å²) in [5, 5.41) is 3.49. The molecule has 2 aliphatic heterocycles. The minimum Gasteiger partial charge on any atom is -0.460 e. The molecule has 0 fully saturated rings. The Balaban J connectivity index is 1.01. The van der Waals surface area contributed by atoms with Crippen LogP contribution in [0.1, 0.15) is 128 Å². The first-order valence-electron chi connectivity index (χ1n) is 27.4. The van der Waals surface area contributed by atoms with Crippen LogP contribution in [0.4, 0.5) is 34.1 Å². The summed E-state index contributed by atoms with van der Waals surface area (Å²) in [5.74, 6) is 1.09. The predicted octanol–water partition coefficient (Wildman–Crippen LogP) is 17.4. The molecule has 5 heteroatoms. The van der Waals surface area contributed by atoms with Crippen molar-refractivity contribution in [1.29, 1.82) is 0 Å². The van der Waals surface area contributed by atoms with Gasteiger partial charge >= 0.3 is 0 Å². The van der Waals surface area contributed by atoms with Crippen LogP contribution in [0.5, 0.6) is 0 Å². The van der Waals surface area contributed by atoms with Gasteiger partial charge in [-0.25, -0.2) is 0 Å². The highest BCUT2D eigenvalue weighted by Crippen LogP contribution is 2.52. The van der Waals surface area contributed by atoms with Crippen LogP contribution in [-0.4, -0.2) is 6.71 Å². The van der Waals surface area contributed by atoms with E-state index in [1.807, 2.05) is 0 Å². The number of furan rings is 2. The van der Waals surface area contributed by atoms with Gasteiger partial charge < -0.3 is 18.6 Å². The fourth-order valence-corrected chi connectivity index (χ4v) is 13.4. The molecule has 0 bridgehead atoms. The molecule has 10 aromatic rings. The molecule has 75 heavy (non-hydrogen) atoms. The van der Waals surface area contributed by atoms with Crippen molar-refractivity contribution in [3.63, 3.8) is 0 Å². The number of benzene rings is 8. The molecule has 4 nitrogen and oxygen atoms in total. The normalized spacial score (nSPS) is 16.4. The third kappa shape index (κ3) is 7.02. The fraction of sp³-hybridized carbons (Fsp3) is 0.257. The van der Waals surface area contributed by atoms with Gasteiger partial charge in [0.25, 0.3) is 6.71 Å². The first-order valence-corrected chi connectivity index (χ1v) is 27.4. The number of allylic oxidation sites excluding steroid dienone is 1. The Hall–Kier alpha value is -7.50. The van der Waals surface area contributed by atoms with Gasteiger partial charge in [0.1, 0.15) is 22.5 Å². The minimum absolute atomic E-state index is 0.000616. The van der Waals surface area contributed by atoms with Crippen molar-refractivity contribution in [2.45, 2.75) is 117 Å². The zero-order valence-electron chi connectivity index (χ0n) is 45.2. The van der Waals surface area contributed by atoms with E-state index >= 15 is 0 Å². The van der Waals surface area contributed by atoms with Gasteiger partial charge in [-0.15, -0.1) is 0 Å². The predicted molar refractivity (Wildman–Crippen MR) is 317 cm³/mol. The topological polar surface area (TPSA) is 32.8 Å². The second-order valence-corrected chi connectivity index (χ2v) is 25.5. The Labute approximate surface area is 442 Å². The van der Waals surface area contributed by atoms with Gasteiger partial charge in [-0.05, 0) is 169 Å². The van der Waals surface area contributed by atoms with E-state index in [1.54, 1.807) is 0 Å². The second-order valence-electron chi connectivity index (χ2n) is 25.5. The number of nitrogens with zero attached hydrogens (tertiary/aromatic N) is 2. The Morgan fingerprint density at radius 1 is 0.493 bits per heavy atom. The monoisotopic (exact) mass is 977 g/mol. The molecular formula is C70H65BN2O2. The van der Waals surface area contributed by atoms with Gasteiger partial charge in [-0.3, -0.25) is 0 Å². The number of hydrogen-bond acceptors (Lipinski definition) is 4. The number of para-hydroxylation sites is 2. The van der Waals surface area contributed by atoms with E-state index in [9.17, 15) is 0 Å². The molecular weight excluding hydrogens is 912 g/mol. The lowest BCUT2D eigenvalue weighted by atomic mass is 9.32. The van der Waals surface area contributed by atoms with Crippen molar-refractivity contribution in [3.8, 4) is 11.1 Å². The molecule has 0 saturated heterocycles. The molecule has 4 heterocycles. The van der Waals surface area contributed by atoms with E-state index in [1.165, 1.54) is 94.6 Å². The molecule has 0 unspecified atom stereocenters. The average molecular weight is 977 g/mol. The first-order chi connectivity index (χ1) is 35.9. The zero-order valence-corrected chi connectivity index (χ0v) is 45.2. The Kier molecular flexibility index (Phi) is 9.83. The zero-order chi connectivity index (χ0) is 51.5. The third-order valence-electron chi connectivity index (χ3n) is 17.7. The molecule has 0 N–H and O–H groups in total. The molecule has 2 aromatic heterocycles. The van der Waals surface area contributed by atoms with Crippen LogP contribution in [0.25, 0.3) is 49.6 Å². The Bertz CT molecular complexity index is 4040. The van der Waals surface area contributed by atoms with Crippen molar-refractivity contribution in [2.24, 2.45) is 0 Å². The number of hydrogen-bond donors (Lipinski definition) is 0. The highest BCUT2D eigenvalue weighted by molar-refractivity contribution is 7.00. The maximum absolute atomic E-state index is 6.46. The van der Waals surface area contributed by atoms with Crippen LogP contribution in [-0.2, 0) is 28.1 Å². The standard InChI is InChI=1S/C70H65BN2O2/c1-67(2,3)44-29-34-56-54(37-44)71-55-40-52-53(70(9,10)36-35-69(52,7)8)41-57(55)73(47-32-27-43(28-33-47)49-20-16-24-63-65(49)51-18-12-14-22-61(51)75-63)59-39-45(68(4,5)6)38-58(66(59)71)72(56)46-30-25-42(26-31-46)48-19-15-23-62-64(48)50-17-11-13-21-60(50)74-62/h11-14,16-22,24-34,37-41H,15,23,35-36H2,1-10H3. The lowest BCUT2D eigenvalue weighted by Crippen LogP contribution is -2.62. The van der Waals surface area contributed by atoms with E-state index in [-0.39, 0.29) is 28.4 Å². The third-order valence-corrected chi connectivity index (χ3v) is 17.7. The number of aryl methyl sites for hydroxylation is 1. The SMILES string of the molecule is CC(C)(C)c1ccc2c(c1)B1c3cc4c(cc3N(c3ccc(-c5cccc6oc7ccccc7c56)cc3)c3cc(C(C)(C)C)cc(c31)N2c1ccc(C2=CCCc3oc5ccccc5c32)cc1)C(C)(C)CCC4(C)C. The quantitative estimate of drug-likeness (QED) is 0.165. The molecule has 0 amide bonds. The van der Waals surface area contributed by atoms with E-state index in [0.29, 0.717) is 0 Å². The van der Waals surface area contributed by atoms with Crippen LogP contribution in [0, 0.1) is 0 Å². The highest BCUT2D eigenvalue weighted by atomic mass is 16.3. The average Bonchev–Trinajstić information content (AvgIpc) is 4.12. The van der Waals surface area contributed by atoms with Crippen LogP contribution >= 0.6 is 0 Å². The summed E-state index contributed by atoms with van der Waals surface area (Å²) >= 11 is 0. The number of rotatable bonds is 4.